The fourth-order valence-electron chi connectivity index (χ4n) is 2.86. The lowest BCUT2D eigenvalue weighted by atomic mass is 9.85. The second kappa shape index (κ2) is 7.49. The van der Waals surface area contributed by atoms with Crippen LogP contribution in [0.4, 0.5) is 10.1 Å². The van der Waals surface area contributed by atoms with Gasteiger partial charge in [-0.15, -0.1) is 0 Å². The van der Waals surface area contributed by atoms with Crippen molar-refractivity contribution >= 4 is 5.69 Å². The largest absolute Gasteiger partial charge is 0.383 e. The summed E-state index contributed by atoms with van der Waals surface area (Å²) in [6.07, 6.45) is 6.77. The van der Waals surface area contributed by atoms with Crippen LogP contribution in [0.1, 0.15) is 39.0 Å². The number of halogens is 1. The lowest BCUT2D eigenvalue weighted by molar-refractivity contribution is -0.00688. The van der Waals surface area contributed by atoms with Crippen molar-refractivity contribution in [3.63, 3.8) is 0 Å². The number of nitrogens with one attached hydrogen (secondary N) is 1. The summed E-state index contributed by atoms with van der Waals surface area (Å²) in [6, 6.07) is 6.55. The molecule has 0 heterocycles. The zero-order valence-corrected chi connectivity index (χ0v) is 11.7. The van der Waals surface area contributed by atoms with E-state index in [1.54, 1.807) is 6.07 Å². The van der Waals surface area contributed by atoms with Gasteiger partial charge in [0, 0.05) is 12.2 Å². The van der Waals surface area contributed by atoms with Crippen LogP contribution in [0.5, 0.6) is 0 Å². The second-order valence-electron chi connectivity index (χ2n) is 5.30. The number of anilines is 1. The van der Waals surface area contributed by atoms with Crippen molar-refractivity contribution in [1.82, 2.24) is 0 Å². The predicted molar refractivity (Wildman–Crippen MR) is 76.9 cm³/mol. The van der Waals surface area contributed by atoms with Crippen LogP contribution in [0.3, 0.4) is 0 Å². The van der Waals surface area contributed by atoms with Gasteiger partial charge in [-0.2, -0.15) is 0 Å². The van der Waals surface area contributed by atoms with E-state index in [1.807, 2.05) is 6.07 Å². The van der Waals surface area contributed by atoms with Gasteiger partial charge in [-0.05, 0) is 37.0 Å². The molecule has 106 valence electrons. The van der Waals surface area contributed by atoms with Crippen molar-refractivity contribution in [3.05, 3.63) is 30.1 Å². The minimum absolute atomic E-state index is 0.204. The number of benzene rings is 1. The Hall–Kier alpha value is -1.09. The maximum Gasteiger partial charge on any atom is 0.125 e. The van der Waals surface area contributed by atoms with E-state index in [2.05, 4.69) is 12.2 Å². The zero-order valence-electron chi connectivity index (χ0n) is 11.7. The maximum absolute atomic E-state index is 13.0. The topological polar surface area (TPSA) is 21.3 Å². The van der Waals surface area contributed by atoms with E-state index in [4.69, 9.17) is 4.74 Å². The molecule has 0 bridgehead atoms. The summed E-state index contributed by atoms with van der Waals surface area (Å²) < 4.78 is 19.0. The first-order chi connectivity index (χ1) is 9.29. The van der Waals surface area contributed by atoms with Crippen molar-refractivity contribution in [2.45, 2.75) is 45.1 Å². The smallest absolute Gasteiger partial charge is 0.125 e. The fraction of sp³-hybridized carbons (Fsp3) is 0.625. The molecule has 0 aromatic heterocycles. The molecular formula is C16H24FNO. The van der Waals surface area contributed by atoms with Gasteiger partial charge in [0.05, 0.1) is 12.7 Å². The molecule has 0 radical (unpaired) electrons. The van der Waals surface area contributed by atoms with Crippen LogP contribution >= 0.6 is 0 Å². The van der Waals surface area contributed by atoms with E-state index >= 15 is 0 Å². The van der Waals surface area contributed by atoms with Crippen molar-refractivity contribution in [2.24, 2.45) is 5.92 Å². The fourth-order valence-corrected chi connectivity index (χ4v) is 2.86. The third-order valence-corrected chi connectivity index (χ3v) is 3.95. The Labute approximate surface area is 115 Å². The second-order valence-corrected chi connectivity index (χ2v) is 5.30. The molecule has 1 aromatic carbocycles. The Morgan fingerprint density at radius 3 is 2.95 bits per heavy atom. The van der Waals surface area contributed by atoms with E-state index in [9.17, 15) is 4.39 Å². The minimum atomic E-state index is -0.204. The number of rotatable bonds is 6. The first kappa shape index (κ1) is 14.3. The van der Waals surface area contributed by atoms with Crippen LogP contribution in [0.25, 0.3) is 0 Å². The highest BCUT2D eigenvalue weighted by Crippen LogP contribution is 2.28. The summed E-state index contributed by atoms with van der Waals surface area (Å²) in [4.78, 5) is 0. The molecule has 3 heteroatoms. The van der Waals surface area contributed by atoms with Crippen LogP contribution in [0.2, 0.25) is 0 Å². The summed E-state index contributed by atoms with van der Waals surface area (Å²) in [6.45, 7) is 3.67. The van der Waals surface area contributed by atoms with E-state index in [1.165, 1.54) is 44.2 Å². The summed E-state index contributed by atoms with van der Waals surface area (Å²) in [5.74, 6) is 0.521. The lowest BCUT2D eigenvalue weighted by Gasteiger charge is -2.30. The Kier molecular flexibility index (Phi) is 5.64. The molecule has 0 saturated heterocycles. The molecular weight excluding hydrogens is 241 g/mol. The van der Waals surface area contributed by atoms with Crippen LogP contribution in [0, 0.1) is 11.7 Å². The Morgan fingerprint density at radius 2 is 2.16 bits per heavy atom. The van der Waals surface area contributed by atoms with Gasteiger partial charge < -0.3 is 10.1 Å². The van der Waals surface area contributed by atoms with E-state index in [0.29, 0.717) is 12.7 Å². The van der Waals surface area contributed by atoms with Crippen molar-refractivity contribution < 1.29 is 9.13 Å². The van der Waals surface area contributed by atoms with Gasteiger partial charge in [-0.1, -0.05) is 32.3 Å². The molecule has 2 nitrogen and oxygen atoms in total. The van der Waals surface area contributed by atoms with Crippen LogP contribution in [0.15, 0.2) is 24.3 Å². The maximum atomic E-state index is 13.0. The molecule has 2 rings (SSSR count). The predicted octanol–water partition coefficient (Wildman–Crippen LogP) is 4.22. The number of hydrogen-bond donors (Lipinski definition) is 1. The Morgan fingerprint density at radius 1 is 1.32 bits per heavy atom. The van der Waals surface area contributed by atoms with Crippen LogP contribution in [-0.4, -0.2) is 19.3 Å². The average Bonchev–Trinajstić information content (AvgIpc) is 2.44. The monoisotopic (exact) mass is 265 g/mol. The molecule has 2 unspecified atom stereocenters. The van der Waals surface area contributed by atoms with Gasteiger partial charge in [-0.3, -0.25) is 0 Å². The average molecular weight is 265 g/mol. The summed E-state index contributed by atoms with van der Waals surface area (Å²) >= 11 is 0. The molecule has 0 amide bonds. The zero-order chi connectivity index (χ0) is 13.5. The molecule has 0 spiro atoms. The normalized spacial score (nSPS) is 23.3. The SMILES string of the molecule is CCC1CCCCC1OCCNc1cccc(F)c1. The van der Waals surface area contributed by atoms with Gasteiger partial charge in [0.1, 0.15) is 5.82 Å². The molecule has 1 fully saturated rings. The molecule has 19 heavy (non-hydrogen) atoms. The van der Waals surface area contributed by atoms with Gasteiger partial charge >= 0.3 is 0 Å². The molecule has 1 aliphatic carbocycles. The first-order valence-electron chi connectivity index (χ1n) is 7.40. The molecule has 2 atom stereocenters. The Bertz CT molecular complexity index is 383. The summed E-state index contributed by atoms with van der Waals surface area (Å²) in [7, 11) is 0. The van der Waals surface area contributed by atoms with Gasteiger partial charge in [-0.25, -0.2) is 4.39 Å². The molecule has 0 aliphatic heterocycles. The van der Waals surface area contributed by atoms with Gasteiger partial charge in [0.25, 0.3) is 0 Å². The molecule has 1 N–H and O–H groups in total. The third-order valence-electron chi connectivity index (χ3n) is 3.95. The molecule has 1 saturated carbocycles. The van der Waals surface area contributed by atoms with Gasteiger partial charge in [0.15, 0.2) is 0 Å². The first-order valence-corrected chi connectivity index (χ1v) is 7.40. The number of hydrogen-bond acceptors (Lipinski definition) is 2. The van der Waals surface area contributed by atoms with Gasteiger partial charge in [0.2, 0.25) is 0 Å². The van der Waals surface area contributed by atoms with E-state index in [0.717, 1.165) is 18.2 Å². The van der Waals surface area contributed by atoms with Crippen molar-refractivity contribution in [1.29, 1.82) is 0 Å². The summed E-state index contributed by atoms with van der Waals surface area (Å²) in [5, 5.41) is 3.19. The van der Waals surface area contributed by atoms with E-state index in [-0.39, 0.29) is 5.82 Å². The van der Waals surface area contributed by atoms with E-state index < -0.39 is 0 Å². The molecule has 1 aliphatic rings. The van der Waals surface area contributed by atoms with Crippen molar-refractivity contribution in [3.8, 4) is 0 Å². The highest BCUT2D eigenvalue weighted by molar-refractivity contribution is 5.42. The quantitative estimate of drug-likeness (QED) is 0.777. The molecule has 1 aromatic rings. The summed E-state index contributed by atoms with van der Waals surface area (Å²) in [5.41, 5.74) is 0.819. The minimum Gasteiger partial charge on any atom is -0.383 e. The standard InChI is InChI=1S/C16H24FNO/c1-2-13-6-3-4-9-16(13)19-11-10-18-15-8-5-7-14(17)12-15/h5,7-8,12-13,16,18H,2-4,6,9-11H2,1H3. The van der Waals surface area contributed by atoms with Crippen molar-refractivity contribution in [2.75, 3.05) is 18.5 Å². The highest BCUT2D eigenvalue weighted by Gasteiger charge is 2.23. The lowest BCUT2D eigenvalue weighted by Crippen LogP contribution is -2.29. The van der Waals surface area contributed by atoms with Crippen LogP contribution in [-0.2, 0) is 4.74 Å². The number of ether oxygens (including phenoxy) is 1. The third kappa shape index (κ3) is 4.50. The highest BCUT2D eigenvalue weighted by atomic mass is 19.1. The Balaban J connectivity index is 1.68. The van der Waals surface area contributed by atoms with Crippen LogP contribution < -0.4 is 5.32 Å².